The number of fused-ring (bicyclic) bond motifs is 1. The van der Waals surface area contributed by atoms with Crippen LogP contribution in [0, 0.1) is 0 Å². The first-order valence-corrected chi connectivity index (χ1v) is 10.8. The lowest BCUT2D eigenvalue weighted by Crippen LogP contribution is -2.53. The molecule has 1 aliphatic heterocycles. The van der Waals surface area contributed by atoms with E-state index in [1.54, 1.807) is 17.4 Å². The van der Waals surface area contributed by atoms with E-state index in [0.717, 1.165) is 19.5 Å². The fourth-order valence-electron chi connectivity index (χ4n) is 3.65. The normalized spacial score (nSPS) is 16.1. The Hall–Kier alpha value is -2.71. The molecule has 2 aromatic heterocycles. The van der Waals surface area contributed by atoms with Crippen LogP contribution in [0.5, 0.6) is 0 Å². The molecule has 2 N–H and O–H groups in total. The summed E-state index contributed by atoms with van der Waals surface area (Å²) in [6.45, 7) is 5.44. The number of nitrogens with zero attached hydrogens (tertiary/aromatic N) is 3. The van der Waals surface area contributed by atoms with Crippen LogP contribution in [0.2, 0.25) is 0 Å². The predicted octanol–water partition coefficient (Wildman–Crippen LogP) is 2.44. The van der Waals surface area contributed by atoms with Crippen LogP contribution in [0.25, 0.3) is 10.9 Å². The number of thiophene rings is 1. The number of carbonyl (C=O) groups excluding carboxylic acids is 1. The smallest absolute Gasteiger partial charge is 0.317 e. The highest BCUT2D eigenvalue weighted by molar-refractivity contribution is 7.07. The molecule has 1 atom stereocenters. The Bertz CT molecular complexity index is 1020. The molecule has 2 amide bonds. The number of hydrogen-bond acceptors (Lipinski definition) is 5. The Morgan fingerprint density at radius 2 is 2.03 bits per heavy atom. The molecule has 1 fully saturated rings. The molecule has 3 heterocycles. The minimum atomic E-state index is -0.108. The maximum absolute atomic E-state index is 12.5. The number of amides is 2. The third-order valence-corrected chi connectivity index (χ3v) is 5.92. The van der Waals surface area contributed by atoms with Gasteiger partial charge in [-0.05, 0) is 47.9 Å². The number of nitrogens with one attached hydrogen (secondary N) is 2. The quantitative estimate of drug-likeness (QED) is 0.676. The van der Waals surface area contributed by atoms with E-state index < -0.39 is 0 Å². The number of urea groups is 1. The van der Waals surface area contributed by atoms with Crippen LogP contribution >= 0.6 is 11.3 Å². The van der Waals surface area contributed by atoms with Crippen molar-refractivity contribution < 1.29 is 4.79 Å². The Morgan fingerprint density at radius 3 is 2.79 bits per heavy atom. The maximum atomic E-state index is 12.5. The molecular weight excluding hydrogens is 386 g/mol. The summed E-state index contributed by atoms with van der Waals surface area (Å²) in [5, 5.41) is 7.87. The van der Waals surface area contributed by atoms with Crippen LogP contribution in [0.3, 0.4) is 0 Å². The van der Waals surface area contributed by atoms with Crippen LogP contribution in [-0.2, 0) is 13.0 Å². The number of piperazine rings is 1. The van der Waals surface area contributed by atoms with Gasteiger partial charge in [0.15, 0.2) is 0 Å². The molecule has 0 radical (unpaired) electrons. The zero-order valence-corrected chi connectivity index (χ0v) is 17.2. The van der Waals surface area contributed by atoms with Gasteiger partial charge in [-0.15, -0.1) is 0 Å². The Balaban J connectivity index is 1.29. The average Bonchev–Trinajstić information content (AvgIpc) is 3.21. The van der Waals surface area contributed by atoms with Gasteiger partial charge in [0, 0.05) is 32.2 Å². The summed E-state index contributed by atoms with van der Waals surface area (Å²) in [5.74, 6) is 0.663. The molecule has 0 bridgehead atoms. The van der Waals surface area contributed by atoms with Crippen molar-refractivity contribution in [3.63, 3.8) is 0 Å². The van der Waals surface area contributed by atoms with E-state index in [1.165, 1.54) is 5.56 Å². The van der Waals surface area contributed by atoms with Crippen molar-refractivity contribution >= 4 is 28.3 Å². The summed E-state index contributed by atoms with van der Waals surface area (Å²) in [7, 11) is 0. The van der Waals surface area contributed by atoms with Crippen LogP contribution in [0.4, 0.5) is 4.79 Å². The number of rotatable bonds is 5. The molecule has 0 saturated carbocycles. The number of benzene rings is 1. The molecule has 4 rings (SSSR count). The molecule has 29 heavy (non-hydrogen) atoms. The van der Waals surface area contributed by atoms with Gasteiger partial charge in [-0.25, -0.2) is 9.78 Å². The minimum absolute atomic E-state index is 0.00961. The fourth-order valence-corrected chi connectivity index (χ4v) is 4.33. The number of hydrogen-bond donors (Lipinski definition) is 2. The van der Waals surface area contributed by atoms with Crippen LogP contribution < -0.4 is 10.9 Å². The summed E-state index contributed by atoms with van der Waals surface area (Å²) in [4.78, 5) is 36.3. The van der Waals surface area contributed by atoms with Crippen LogP contribution in [-0.4, -0.2) is 58.0 Å². The van der Waals surface area contributed by atoms with Gasteiger partial charge in [0.2, 0.25) is 0 Å². The molecule has 7 nitrogen and oxygen atoms in total. The van der Waals surface area contributed by atoms with Crippen molar-refractivity contribution in [1.29, 1.82) is 0 Å². The molecule has 1 aromatic carbocycles. The summed E-state index contributed by atoms with van der Waals surface area (Å²) >= 11 is 1.67. The summed E-state index contributed by atoms with van der Waals surface area (Å²) < 4.78 is 0. The van der Waals surface area contributed by atoms with Crippen molar-refractivity contribution in [2.24, 2.45) is 0 Å². The highest BCUT2D eigenvalue weighted by Crippen LogP contribution is 2.11. The zero-order valence-electron chi connectivity index (χ0n) is 16.4. The minimum Gasteiger partial charge on any atom is -0.335 e. The van der Waals surface area contributed by atoms with Crippen molar-refractivity contribution in [2.75, 3.05) is 26.2 Å². The first-order chi connectivity index (χ1) is 14.1. The van der Waals surface area contributed by atoms with Gasteiger partial charge in [0.1, 0.15) is 5.82 Å². The number of H-pyrrole nitrogens is 1. The lowest BCUT2D eigenvalue weighted by Gasteiger charge is -2.35. The molecule has 152 valence electrons. The fraction of sp³-hybridized carbons (Fsp3) is 0.381. The van der Waals surface area contributed by atoms with E-state index in [2.05, 4.69) is 37.0 Å². The average molecular weight is 412 g/mol. The number of aromatic amines is 1. The third-order valence-electron chi connectivity index (χ3n) is 5.19. The standard InChI is InChI=1S/C21H25N5O2S/c1-15(12-16-6-11-29-14-16)22-21(28)26-9-7-25(8-10-26)13-19-23-18-5-3-2-4-17(18)20(27)24-19/h2-6,11,14-15H,7-10,12-13H2,1H3,(H,22,28)(H,23,24,27). The Morgan fingerprint density at radius 1 is 1.24 bits per heavy atom. The van der Waals surface area contributed by atoms with Crippen molar-refractivity contribution in [1.82, 2.24) is 25.1 Å². The third kappa shape index (κ3) is 4.83. The van der Waals surface area contributed by atoms with Gasteiger partial charge in [0.25, 0.3) is 5.56 Å². The van der Waals surface area contributed by atoms with Crippen LogP contribution in [0.1, 0.15) is 18.3 Å². The van der Waals surface area contributed by atoms with Gasteiger partial charge < -0.3 is 15.2 Å². The highest BCUT2D eigenvalue weighted by atomic mass is 32.1. The van der Waals surface area contributed by atoms with Crippen molar-refractivity contribution in [3.05, 3.63) is 62.8 Å². The molecule has 0 spiro atoms. The highest BCUT2D eigenvalue weighted by Gasteiger charge is 2.22. The van der Waals surface area contributed by atoms with E-state index in [4.69, 9.17) is 0 Å². The lowest BCUT2D eigenvalue weighted by molar-refractivity contribution is 0.132. The lowest BCUT2D eigenvalue weighted by atomic mass is 10.1. The van der Waals surface area contributed by atoms with Gasteiger partial charge in [-0.3, -0.25) is 9.69 Å². The SMILES string of the molecule is CC(Cc1ccsc1)NC(=O)N1CCN(Cc2nc3ccccc3c(=O)[nH]2)CC1. The predicted molar refractivity (Wildman–Crippen MR) is 115 cm³/mol. The summed E-state index contributed by atoms with van der Waals surface area (Å²) in [5.41, 5.74) is 1.86. The van der Waals surface area contributed by atoms with Gasteiger partial charge >= 0.3 is 6.03 Å². The largest absolute Gasteiger partial charge is 0.335 e. The van der Waals surface area contributed by atoms with E-state index in [-0.39, 0.29) is 17.6 Å². The van der Waals surface area contributed by atoms with E-state index >= 15 is 0 Å². The first-order valence-electron chi connectivity index (χ1n) is 9.85. The Labute approximate surface area is 173 Å². The second-order valence-electron chi connectivity index (χ2n) is 7.48. The molecule has 1 aliphatic rings. The van der Waals surface area contributed by atoms with Gasteiger partial charge in [0.05, 0.1) is 17.4 Å². The summed E-state index contributed by atoms with van der Waals surface area (Å²) in [6.07, 6.45) is 0.843. The first kappa shape index (κ1) is 19.6. The van der Waals surface area contributed by atoms with Gasteiger partial charge in [-0.2, -0.15) is 11.3 Å². The second kappa shape index (κ2) is 8.75. The van der Waals surface area contributed by atoms with E-state index in [9.17, 15) is 9.59 Å². The van der Waals surface area contributed by atoms with E-state index in [0.29, 0.717) is 36.4 Å². The molecule has 8 heteroatoms. The molecule has 0 aliphatic carbocycles. The van der Waals surface area contributed by atoms with E-state index in [1.807, 2.05) is 30.0 Å². The second-order valence-corrected chi connectivity index (χ2v) is 8.26. The van der Waals surface area contributed by atoms with Gasteiger partial charge in [-0.1, -0.05) is 12.1 Å². The molecular formula is C21H25N5O2S. The number of carbonyl (C=O) groups is 1. The maximum Gasteiger partial charge on any atom is 0.317 e. The summed E-state index contributed by atoms with van der Waals surface area (Å²) in [6, 6.07) is 9.54. The number of aromatic nitrogens is 2. The Kier molecular flexibility index (Phi) is 5.92. The number of para-hydroxylation sites is 1. The molecule has 1 unspecified atom stereocenters. The molecule has 1 saturated heterocycles. The van der Waals surface area contributed by atoms with Crippen LogP contribution in [0.15, 0.2) is 45.9 Å². The zero-order chi connectivity index (χ0) is 20.2. The monoisotopic (exact) mass is 411 g/mol. The van der Waals surface area contributed by atoms with Crippen molar-refractivity contribution in [3.8, 4) is 0 Å². The topological polar surface area (TPSA) is 81.3 Å². The van der Waals surface area contributed by atoms with Crippen molar-refractivity contribution in [2.45, 2.75) is 25.9 Å². The molecule has 3 aromatic rings.